The zero-order valence-electron chi connectivity index (χ0n) is 16.1. The molecule has 0 aromatic heterocycles. The third-order valence-corrected chi connectivity index (χ3v) is 5.16. The standard InChI is InChI=1S/C22H26ClN3O2/c1-16-12-14-26(15-16)20-10-8-19(9-11-20)25-21(27)3-2-13-24-22(28)17-4-6-18(23)7-5-17/h4-11,16H,2-3,12-15H2,1H3,(H,24,28)(H,25,27). The number of hydrogen-bond donors (Lipinski definition) is 2. The Bertz CT molecular complexity index is 806. The fourth-order valence-electron chi connectivity index (χ4n) is 3.30. The topological polar surface area (TPSA) is 61.4 Å². The van der Waals surface area contributed by atoms with Crippen LogP contribution in [0, 0.1) is 5.92 Å². The van der Waals surface area contributed by atoms with Gasteiger partial charge >= 0.3 is 0 Å². The third-order valence-electron chi connectivity index (χ3n) is 4.91. The number of nitrogens with one attached hydrogen (secondary N) is 2. The molecular weight excluding hydrogens is 374 g/mol. The molecule has 0 aliphatic carbocycles. The molecule has 0 bridgehead atoms. The van der Waals surface area contributed by atoms with Gasteiger partial charge in [-0.05, 0) is 67.3 Å². The minimum absolute atomic E-state index is 0.0525. The molecule has 0 saturated carbocycles. The van der Waals surface area contributed by atoms with Gasteiger partial charge in [0.25, 0.3) is 5.91 Å². The van der Waals surface area contributed by atoms with E-state index in [2.05, 4.69) is 34.6 Å². The van der Waals surface area contributed by atoms with Gasteiger partial charge in [-0.25, -0.2) is 0 Å². The zero-order chi connectivity index (χ0) is 19.9. The molecule has 2 aromatic rings. The summed E-state index contributed by atoms with van der Waals surface area (Å²) in [6.07, 6.45) is 2.16. The largest absolute Gasteiger partial charge is 0.371 e. The van der Waals surface area contributed by atoms with Crippen molar-refractivity contribution in [3.05, 3.63) is 59.1 Å². The van der Waals surface area contributed by atoms with Crippen LogP contribution in [0.15, 0.2) is 48.5 Å². The van der Waals surface area contributed by atoms with Crippen molar-refractivity contribution < 1.29 is 9.59 Å². The predicted molar refractivity (Wildman–Crippen MR) is 114 cm³/mol. The average molecular weight is 400 g/mol. The molecule has 5 nitrogen and oxygen atoms in total. The van der Waals surface area contributed by atoms with Gasteiger partial charge in [0.15, 0.2) is 0 Å². The van der Waals surface area contributed by atoms with Gasteiger partial charge in [-0.3, -0.25) is 9.59 Å². The van der Waals surface area contributed by atoms with Crippen LogP contribution in [-0.2, 0) is 4.79 Å². The summed E-state index contributed by atoms with van der Waals surface area (Å²) in [6, 6.07) is 14.7. The second kappa shape index (κ2) is 9.60. The molecule has 148 valence electrons. The molecule has 0 spiro atoms. The van der Waals surface area contributed by atoms with Gasteiger partial charge in [0.1, 0.15) is 0 Å². The summed E-state index contributed by atoms with van der Waals surface area (Å²) in [6.45, 7) is 4.90. The Morgan fingerprint density at radius 2 is 1.82 bits per heavy atom. The first-order chi connectivity index (χ1) is 13.5. The number of benzene rings is 2. The Balaban J connectivity index is 1.37. The summed E-state index contributed by atoms with van der Waals surface area (Å²) in [5.74, 6) is 0.520. The first kappa shape index (κ1) is 20.2. The number of hydrogen-bond acceptors (Lipinski definition) is 3. The zero-order valence-corrected chi connectivity index (χ0v) is 16.8. The van der Waals surface area contributed by atoms with E-state index in [-0.39, 0.29) is 11.8 Å². The van der Waals surface area contributed by atoms with Crippen LogP contribution in [0.2, 0.25) is 5.02 Å². The van der Waals surface area contributed by atoms with Crippen molar-refractivity contribution in [2.75, 3.05) is 29.9 Å². The minimum atomic E-state index is -0.163. The highest BCUT2D eigenvalue weighted by Gasteiger charge is 2.18. The Morgan fingerprint density at radius 3 is 2.46 bits per heavy atom. The molecule has 1 aliphatic heterocycles. The van der Waals surface area contributed by atoms with Crippen molar-refractivity contribution >= 4 is 34.8 Å². The summed E-state index contributed by atoms with van der Waals surface area (Å²) >= 11 is 5.81. The molecular formula is C22H26ClN3O2. The van der Waals surface area contributed by atoms with Gasteiger partial charge < -0.3 is 15.5 Å². The number of nitrogens with zero attached hydrogens (tertiary/aromatic N) is 1. The molecule has 1 aliphatic rings. The molecule has 2 aromatic carbocycles. The van der Waals surface area contributed by atoms with Crippen molar-refractivity contribution in [3.63, 3.8) is 0 Å². The van der Waals surface area contributed by atoms with E-state index in [1.165, 1.54) is 12.1 Å². The lowest BCUT2D eigenvalue weighted by atomic mass is 10.2. The van der Waals surface area contributed by atoms with Crippen molar-refractivity contribution in [2.24, 2.45) is 5.92 Å². The Hall–Kier alpha value is -2.53. The Labute approximate surface area is 171 Å². The molecule has 3 rings (SSSR count). The molecule has 1 atom stereocenters. The molecule has 1 unspecified atom stereocenters. The van der Waals surface area contributed by atoms with Crippen molar-refractivity contribution in [1.82, 2.24) is 5.32 Å². The Morgan fingerprint density at radius 1 is 1.11 bits per heavy atom. The van der Waals surface area contributed by atoms with E-state index >= 15 is 0 Å². The van der Waals surface area contributed by atoms with Crippen LogP contribution < -0.4 is 15.5 Å². The number of rotatable bonds is 7. The van der Waals surface area contributed by atoms with Crippen LogP contribution in [0.5, 0.6) is 0 Å². The second-order valence-electron chi connectivity index (χ2n) is 7.30. The van der Waals surface area contributed by atoms with E-state index in [0.717, 1.165) is 24.7 Å². The van der Waals surface area contributed by atoms with Gasteiger partial charge in [-0.1, -0.05) is 18.5 Å². The van der Waals surface area contributed by atoms with Crippen LogP contribution >= 0.6 is 11.6 Å². The van der Waals surface area contributed by atoms with E-state index in [1.807, 2.05) is 12.1 Å². The Kier molecular flexibility index (Phi) is 6.93. The molecule has 0 radical (unpaired) electrons. The molecule has 2 N–H and O–H groups in total. The first-order valence-electron chi connectivity index (χ1n) is 9.70. The molecule has 6 heteroatoms. The second-order valence-corrected chi connectivity index (χ2v) is 7.74. The summed E-state index contributed by atoms with van der Waals surface area (Å²) in [4.78, 5) is 26.5. The van der Waals surface area contributed by atoms with E-state index in [1.54, 1.807) is 24.3 Å². The quantitative estimate of drug-likeness (QED) is 0.681. The summed E-state index contributed by atoms with van der Waals surface area (Å²) < 4.78 is 0. The van der Waals surface area contributed by atoms with Gasteiger partial charge in [0.2, 0.25) is 5.91 Å². The van der Waals surface area contributed by atoms with Crippen LogP contribution in [0.4, 0.5) is 11.4 Å². The SMILES string of the molecule is CC1CCN(c2ccc(NC(=O)CCCNC(=O)c3ccc(Cl)cc3)cc2)C1. The predicted octanol–water partition coefficient (Wildman–Crippen LogP) is 4.33. The first-order valence-corrected chi connectivity index (χ1v) is 10.1. The molecule has 28 heavy (non-hydrogen) atoms. The van der Waals surface area contributed by atoms with E-state index in [0.29, 0.717) is 30.0 Å². The lowest BCUT2D eigenvalue weighted by Crippen LogP contribution is -2.25. The lowest BCUT2D eigenvalue weighted by Gasteiger charge is -2.18. The third kappa shape index (κ3) is 5.73. The average Bonchev–Trinajstić information content (AvgIpc) is 3.12. The fraction of sp³-hybridized carbons (Fsp3) is 0.364. The molecule has 1 saturated heterocycles. The monoisotopic (exact) mass is 399 g/mol. The van der Waals surface area contributed by atoms with Gasteiger partial charge in [0.05, 0.1) is 0 Å². The van der Waals surface area contributed by atoms with Gasteiger partial charge in [-0.2, -0.15) is 0 Å². The maximum absolute atomic E-state index is 12.1. The smallest absolute Gasteiger partial charge is 0.251 e. The van der Waals surface area contributed by atoms with Crippen LogP contribution in [0.3, 0.4) is 0 Å². The van der Waals surface area contributed by atoms with Gasteiger partial charge in [-0.15, -0.1) is 0 Å². The van der Waals surface area contributed by atoms with Gasteiger partial charge in [0, 0.05) is 48.0 Å². The molecule has 1 fully saturated rings. The summed E-state index contributed by atoms with van der Waals surface area (Å²) in [7, 11) is 0. The highest BCUT2D eigenvalue weighted by Crippen LogP contribution is 2.24. The molecule has 1 heterocycles. The normalized spacial score (nSPS) is 16.1. The summed E-state index contributed by atoms with van der Waals surface area (Å²) in [5, 5.41) is 6.32. The molecule has 2 amide bonds. The maximum Gasteiger partial charge on any atom is 0.251 e. The van der Waals surface area contributed by atoms with Crippen LogP contribution in [0.1, 0.15) is 36.5 Å². The van der Waals surface area contributed by atoms with Crippen molar-refractivity contribution in [2.45, 2.75) is 26.2 Å². The highest BCUT2D eigenvalue weighted by atomic mass is 35.5. The maximum atomic E-state index is 12.1. The number of amides is 2. The van der Waals surface area contributed by atoms with E-state index in [9.17, 15) is 9.59 Å². The van der Waals surface area contributed by atoms with Crippen molar-refractivity contribution in [1.29, 1.82) is 0 Å². The highest BCUT2D eigenvalue weighted by molar-refractivity contribution is 6.30. The number of anilines is 2. The lowest BCUT2D eigenvalue weighted by molar-refractivity contribution is -0.116. The van der Waals surface area contributed by atoms with Crippen LogP contribution in [0.25, 0.3) is 0 Å². The fourth-order valence-corrected chi connectivity index (χ4v) is 3.43. The minimum Gasteiger partial charge on any atom is -0.371 e. The van der Waals surface area contributed by atoms with Crippen molar-refractivity contribution in [3.8, 4) is 0 Å². The number of halogens is 1. The van der Waals surface area contributed by atoms with E-state index < -0.39 is 0 Å². The number of carbonyl (C=O) groups excluding carboxylic acids is 2. The number of carbonyl (C=O) groups is 2. The van der Waals surface area contributed by atoms with E-state index in [4.69, 9.17) is 11.6 Å². The summed E-state index contributed by atoms with van der Waals surface area (Å²) in [5.41, 5.74) is 2.56. The van der Waals surface area contributed by atoms with Crippen LogP contribution in [-0.4, -0.2) is 31.4 Å².